The van der Waals surface area contributed by atoms with E-state index < -0.39 is 9.84 Å². The molecule has 0 bridgehead atoms. The predicted octanol–water partition coefficient (Wildman–Crippen LogP) is 1.91. The third kappa shape index (κ3) is 3.86. The monoisotopic (exact) mass is 282 g/mol. The zero-order chi connectivity index (χ0) is 14.0. The number of benzene rings is 1. The van der Waals surface area contributed by atoms with E-state index in [2.05, 4.69) is 24.4 Å². The lowest BCUT2D eigenvalue weighted by molar-refractivity contribution is 0.601. The van der Waals surface area contributed by atoms with E-state index in [9.17, 15) is 8.42 Å². The molecule has 1 aliphatic heterocycles. The smallest absolute Gasteiger partial charge is 0.149 e. The molecule has 4 nitrogen and oxygen atoms in total. The number of nitrogens with one attached hydrogen (secondary N) is 1. The van der Waals surface area contributed by atoms with Crippen molar-refractivity contribution in [1.82, 2.24) is 0 Å². The van der Waals surface area contributed by atoms with Gasteiger partial charge in [0.2, 0.25) is 0 Å². The molecular weight excluding hydrogens is 260 g/mol. The fraction of sp³-hybridized carbons (Fsp3) is 0.571. The normalized spacial score (nSPS) is 18.6. The van der Waals surface area contributed by atoms with Crippen molar-refractivity contribution in [1.29, 1.82) is 0 Å². The van der Waals surface area contributed by atoms with Gasteiger partial charge in [0.25, 0.3) is 0 Å². The largest absolute Gasteiger partial charge is 0.382 e. The molecule has 1 N–H and O–H groups in total. The first-order valence-electron chi connectivity index (χ1n) is 6.63. The molecule has 0 saturated heterocycles. The van der Waals surface area contributed by atoms with Crippen molar-refractivity contribution in [2.45, 2.75) is 25.8 Å². The zero-order valence-corrected chi connectivity index (χ0v) is 12.6. The van der Waals surface area contributed by atoms with Crippen molar-refractivity contribution >= 4 is 21.2 Å². The first-order valence-corrected chi connectivity index (χ1v) is 8.69. The highest BCUT2D eigenvalue weighted by atomic mass is 32.2. The van der Waals surface area contributed by atoms with Crippen LogP contribution in [0.25, 0.3) is 0 Å². The maximum atomic E-state index is 11.2. The van der Waals surface area contributed by atoms with E-state index in [0.717, 1.165) is 18.5 Å². The summed E-state index contributed by atoms with van der Waals surface area (Å²) in [4.78, 5) is 2.00. The molecule has 5 heteroatoms. The van der Waals surface area contributed by atoms with Gasteiger partial charge in [-0.25, -0.2) is 8.42 Å². The second-order valence-electron chi connectivity index (χ2n) is 5.48. The minimum Gasteiger partial charge on any atom is -0.382 e. The van der Waals surface area contributed by atoms with Gasteiger partial charge >= 0.3 is 0 Å². The Morgan fingerprint density at radius 3 is 2.84 bits per heavy atom. The summed E-state index contributed by atoms with van der Waals surface area (Å²) in [6.45, 7) is 2.72. The highest BCUT2D eigenvalue weighted by Crippen LogP contribution is 2.28. The summed E-state index contributed by atoms with van der Waals surface area (Å²) in [7, 11) is -0.970. The van der Waals surface area contributed by atoms with Crippen molar-refractivity contribution in [2.24, 2.45) is 0 Å². The third-order valence-electron chi connectivity index (χ3n) is 3.58. The first kappa shape index (κ1) is 14.2. The average Bonchev–Trinajstić information content (AvgIpc) is 2.34. The predicted molar refractivity (Wildman–Crippen MR) is 80.8 cm³/mol. The van der Waals surface area contributed by atoms with Crippen molar-refractivity contribution in [3.8, 4) is 0 Å². The van der Waals surface area contributed by atoms with E-state index in [-0.39, 0.29) is 5.75 Å². The van der Waals surface area contributed by atoms with Crippen LogP contribution in [0.4, 0.5) is 11.4 Å². The van der Waals surface area contributed by atoms with Crippen LogP contribution >= 0.6 is 0 Å². The molecule has 1 aromatic carbocycles. The van der Waals surface area contributed by atoms with E-state index in [1.165, 1.54) is 17.5 Å². The van der Waals surface area contributed by atoms with Crippen molar-refractivity contribution in [3.63, 3.8) is 0 Å². The number of aryl methyl sites for hydroxylation is 1. The number of sulfone groups is 1. The highest BCUT2D eigenvalue weighted by Gasteiger charge is 2.15. The average molecular weight is 282 g/mol. The summed E-state index contributed by atoms with van der Waals surface area (Å²) in [5.74, 6) is 0.190. The molecule has 1 aromatic rings. The summed E-state index contributed by atoms with van der Waals surface area (Å²) in [5, 5.41) is 3.47. The number of anilines is 2. The molecule has 0 spiro atoms. The van der Waals surface area contributed by atoms with E-state index in [1.54, 1.807) is 0 Å². The molecule has 19 heavy (non-hydrogen) atoms. The molecule has 0 radical (unpaired) electrons. The van der Waals surface area contributed by atoms with Crippen molar-refractivity contribution < 1.29 is 8.42 Å². The molecule has 1 heterocycles. The Hall–Kier alpha value is -1.23. The Labute approximate surface area is 115 Å². The molecule has 0 aliphatic carbocycles. The standard InChI is InChI=1S/C14H22N2O2S/c1-11-4-5-12-10-13(6-7-14(12)15-11)16(2)8-9-19(3,17)18/h6-7,10-11,15H,4-5,8-9H2,1-3H3. The van der Waals surface area contributed by atoms with Crippen LogP contribution in [0, 0.1) is 0 Å². The molecule has 106 valence electrons. The SMILES string of the molecule is CC1CCc2cc(N(C)CCS(C)(=O)=O)ccc2N1. The van der Waals surface area contributed by atoms with E-state index in [4.69, 9.17) is 0 Å². The first-order chi connectivity index (χ1) is 8.85. The van der Waals surface area contributed by atoms with Gasteiger partial charge in [0.15, 0.2) is 0 Å². The molecule has 2 rings (SSSR count). The number of nitrogens with zero attached hydrogens (tertiary/aromatic N) is 1. The van der Waals surface area contributed by atoms with Gasteiger partial charge in [0.05, 0.1) is 5.75 Å². The quantitative estimate of drug-likeness (QED) is 0.916. The lowest BCUT2D eigenvalue weighted by Gasteiger charge is -2.26. The summed E-state index contributed by atoms with van der Waals surface area (Å²) in [6, 6.07) is 6.83. The topological polar surface area (TPSA) is 49.4 Å². The minimum atomic E-state index is -2.91. The van der Waals surface area contributed by atoms with Gasteiger partial charge in [-0.1, -0.05) is 0 Å². The minimum absolute atomic E-state index is 0.190. The van der Waals surface area contributed by atoms with Gasteiger partial charge in [-0.05, 0) is 43.5 Å². The van der Waals surface area contributed by atoms with Crippen LogP contribution in [0.2, 0.25) is 0 Å². The van der Waals surface area contributed by atoms with Gasteiger partial charge in [0, 0.05) is 37.3 Å². The molecule has 1 unspecified atom stereocenters. The lowest BCUT2D eigenvalue weighted by atomic mass is 9.98. The Balaban J connectivity index is 2.09. The Kier molecular flexibility index (Phi) is 4.04. The molecule has 0 aromatic heterocycles. The molecular formula is C14H22N2O2S. The zero-order valence-electron chi connectivity index (χ0n) is 11.8. The van der Waals surface area contributed by atoms with Crippen LogP contribution in [-0.4, -0.2) is 40.1 Å². The van der Waals surface area contributed by atoms with E-state index in [1.807, 2.05) is 18.0 Å². The van der Waals surface area contributed by atoms with Gasteiger partial charge in [0.1, 0.15) is 9.84 Å². The maximum Gasteiger partial charge on any atom is 0.149 e. The number of fused-ring (bicyclic) bond motifs is 1. The van der Waals surface area contributed by atoms with Gasteiger partial charge < -0.3 is 10.2 Å². The Bertz CT molecular complexity index is 555. The van der Waals surface area contributed by atoms with E-state index >= 15 is 0 Å². The third-order valence-corrected chi connectivity index (χ3v) is 4.50. The summed E-state index contributed by atoms with van der Waals surface area (Å²) in [5.41, 5.74) is 3.61. The molecule has 1 aliphatic rings. The van der Waals surface area contributed by atoms with Crippen LogP contribution in [0.1, 0.15) is 18.9 Å². The Morgan fingerprint density at radius 2 is 2.16 bits per heavy atom. The summed E-state index contributed by atoms with van der Waals surface area (Å²) >= 11 is 0. The van der Waals surface area contributed by atoms with Crippen LogP contribution in [0.3, 0.4) is 0 Å². The maximum absolute atomic E-state index is 11.2. The fourth-order valence-corrected chi connectivity index (χ4v) is 2.91. The summed E-state index contributed by atoms with van der Waals surface area (Å²) < 4.78 is 22.4. The lowest BCUT2D eigenvalue weighted by Crippen LogP contribution is -2.26. The van der Waals surface area contributed by atoms with Crippen molar-refractivity contribution in [3.05, 3.63) is 23.8 Å². The Morgan fingerprint density at radius 1 is 1.42 bits per heavy atom. The van der Waals surface area contributed by atoms with E-state index in [0.29, 0.717) is 12.6 Å². The summed E-state index contributed by atoms with van der Waals surface area (Å²) in [6.07, 6.45) is 3.50. The number of hydrogen-bond donors (Lipinski definition) is 1. The second kappa shape index (κ2) is 5.41. The number of rotatable bonds is 4. The van der Waals surface area contributed by atoms with Gasteiger partial charge in [-0.2, -0.15) is 0 Å². The van der Waals surface area contributed by atoms with Crippen LogP contribution in [0.15, 0.2) is 18.2 Å². The highest BCUT2D eigenvalue weighted by molar-refractivity contribution is 7.90. The number of hydrogen-bond acceptors (Lipinski definition) is 4. The van der Waals surface area contributed by atoms with Crippen LogP contribution < -0.4 is 10.2 Å². The van der Waals surface area contributed by atoms with Crippen LogP contribution in [0.5, 0.6) is 0 Å². The second-order valence-corrected chi connectivity index (χ2v) is 7.74. The van der Waals surface area contributed by atoms with Crippen molar-refractivity contribution in [2.75, 3.05) is 35.8 Å². The van der Waals surface area contributed by atoms with Gasteiger partial charge in [-0.3, -0.25) is 0 Å². The molecule has 0 amide bonds. The van der Waals surface area contributed by atoms with Crippen LogP contribution in [-0.2, 0) is 16.3 Å². The van der Waals surface area contributed by atoms with Gasteiger partial charge in [-0.15, -0.1) is 0 Å². The molecule has 0 fully saturated rings. The molecule has 0 saturated carbocycles. The fourth-order valence-electron chi connectivity index (χ4n) is 2.31. The molecule has 1 atom stereocenters.